The quantitative estimate of drug-likeness (QED) is 0.588. The van der Waals surface area contributed by atoms with Crippen molar-refractivity contribution in [2.75, 3.05) is 33.4 Å². The molecule has 4 heteroatoms. The van der Waals surface area contributed by atoms with Crippen molar-refractivity contribution in [1.82, 2.24) is 4.90 Å². The van der Waals surface area contributed by atoms with Gasteiger partial charge in [0.1, 0.15) is 0 Å². The molecule has 1 rings (SSSR count). The fourth-order valence-corrected chi connectivity index (χ4v) is 1.78. The van der Waals surface area contributed by atoms with Crippen molar-refractivity contribution in [3.05, 3.63) is 0 Å². The number of ether oxygens (including phenoxy) is 2. The van der Waals surface area contributed by atoms with E-state index in [1.807, 2.05) is 13.8 Å². The molecular weight excluding hydrogens is 206 g/mol. The molecule has 0 spiro atoms. The summed E-state index contributed by atoms with van der Waals surface area (Å²) < 4.78 is 10.1. The Kier molecular flexibility index (Phi) is 5.77. The summed E-state index contributed by atoms with van der Waals surface area (Å²) in [6, 6.07) is 0.659. The molecule has 0 heterocycles. The van der Waals surface area contributed by atoms with Crippen LogP contribution >= 0.6 is 0 Å². The standard InChI is InChI=1S/C12H23NO3/c1-4-16-12(14)10(2)9-13(7-8-15-3)11-5-6-11/h10-11H,4-9H2,1-3H3. The summed E-state index contributed by atoms with van der Waals surface area (Å²) in [6.45, 7) is 6.66. The van der Waals surface area contributed by atoms with Gasteiger partial charge in [-0.2, -0.15) is 0 Å². The minimum atomic E-state index is -0.0921. The average Bonchev–Trinajstić information content (AvgIpc) is 3.08. The highest BCUT2D eigenvalue weighted by Gasteiger charge is 2.31. The van der Waals surface area contributed by atoms with Gasteiger partial charge >= 0.3 is 5.97 Å². The number of hydrogen-bond donors (Lipinski definition) is 0. The maximum atomic E-state index is 11.5. The topological polar surface area (TPSA) is 38.8 Å². The first-order valence-electron chi connectivity index (χ1n) is 6.08. The number of methoxy groups -OCH3 is 1. The third kappa shape index (κ3) is 4.49. The first kappa shape index (κ1) is 13.5. The highest BCUT2D eigenvalue weighted by atomic mass is 16.5. The number of carbonyl (C=O) groups excluding carboxylic acids is 1. The monoisotopic (exact) mass is 229 g/mol. The molecule has 4 nitrogen and oxygen atoms in total. The summed E-state index contributed by atoms with van der Waals surface area (Å²) in [5.74, 6) is -0.136. The second kappa shape index (κ2) is 6.86. The molecule has 0 aromatic carbocycles. The van der Waals surface area contributed by atoms with Gasteiger partial charge in [0, 0.05) is 26.2 Å². The molecule has 0 saturated heterocycles. The second-order valence-electron chi connectivity index (χ2n) is 4.37. The predicted octanol–water partition coefficient (Wildman–Crippen LogP) is 1.30. The Bertz CT molecular complexity index is 216. The number of rotatable bonds is 8. The first-order chi connectivity index (χ1) is 7.69. The maximum absolute atomic E-state index is 11.5. The van der Waals surface area contributed by atoms with Crippen LogP contribution in [0.25, 0.3) is 0 Å². The van der Waals surface area contributed by atoms with Gasteiger partial charge in [-0.05, 0) is 19.8 Å². The molecule has 0 aliphatic heterocycles. The van der Waals surface area contributed by atoms with Crippen molar-refractivity contribution in [2.24, 2.45) is 5.92 Å². The van der Waals surface area contributed by atoms with Crippen molar-refractivity contribution in [2.45, 2.75) is 32.7 Å². The van der Waals surface area contributed by atoms with Gasteiger partial charge in [-0.1, -0.05) is 6.92 Å². The highest BCUT2D eigenvalue weighted by Crippen LogP contribution is 2.27. The van der Waals surface area contributed by atoms with E-state index in [0.717, 1.165) is 19.7 Å². The van der Waals surface area contributed by atoms with Crippen LogP contribution in [0.3, 0.4) is 0 Å². The molecule has 0 N–H and O–H groups in total. The normalized spacial score (nSPS) is 17.5. The Morgan fingerprint density at radius 1 is 1.50 bits per heavy atom. The number of nitrogens with zero attached hydrogens (tertiary/aromatic N) is 1. The summed E-state index contributed by atoms with van der Waals surface area (Å²) in [5, 5.41) is 0. The molecule has 1 aliphatic rings. The average molecular weight is 229 g/mol. The van der Waals surface area contributed by atoms with Crippen LogP contribution in [0.2, 0.25) is 0 Å². The lowest BCUT2D eigenvalue weighted by atomic mass is 10.1. The minimum absolute atomic E-state index is 0.0441. The van der Waals surface area contributed by atoms with E-state index >= 15 is 0 Å². The van der Waals surface area contributed by atoms with Crippen molar-refractivity contribution in [1.29, 1.82) is 0 Å². The molecule has 0 radical (unpaired) electrons. The Labute approximate surface area is 97.9 Å². The maximum Gasteiger partial charge on any atom is 0.309 e. The molecule has 0 aromatic rings. The Balaban J connectivity index is 2.32. The van der Waals surface area contributed by atoms with Gasteiger partial charge in [0.2, 0.25) is 0 Å². The third-order valence-corrected chi connectivity index (χ3v) is 2.84. The van der Waals surface area contributed by atoms with E-state index in [-0.39, 0.29) is 11.9 Å². The minimum Gasteiger partial charge on any atom is -0.466 e. The molecular formula is C12H23NO3. The summed E-state index contributed by atoms with van der Waals surface area (Å²) in [7, 11) is 1.71. The summed E-state index contributed by atoms with van der Waals surface area (Å²) >= 11 is 0. The van der Waals surface area contributed by atoms with E-state index < -0.39 is 0 Å². The van der Waals surface area contributed by atoms with Gasteiger partial charge in [-0.25, -0.2) is 0 Å². The molecule has 16 heavy (non-hydrogen) atoms. The van der Waals surface area contributed by atoms with Gasteiger partial charge in [-0.3, -0.25) is 9.69 Å². The molecule has 94 valence electrons. The fourth-order valence-electron chi connectivity index (χ4n) is 1.78. The molecule has 0 bridgehead atoms. The van der Waals surface area contributed by atoms with Crippen LogP contribution in [0.4, 0.5) is 0 Å². The van der Waals surface area contributed by atoms with E-state index in [1.54, 1.807) is 7.11 Å². The smallest absolute Gasteiger partial charge is 0.309 e. The van der Waals surface area contributed by atoms with Gasteiger partial charge in [-0.15, -0.1) is 0 Å². The van der Waals surface area contributed by atoms with Gasteiger partial charge in [0.25, 0.3) is 0 Å². The van der Waals surface area contributed by atoms with E-state index in [2.05, 4.69) is 4.90 Å². The highest BCUT2D eigenvalue weighted by molar-refractivity contribution is 5.72. The van der Waals surface area contributed by atoms with Crippen LogP contribution < -0.4 is 0 Å². The lowest BCUT2D eigenvalue weighted by molar-refractivity contribution is -0.148. The largest absolute Gasteiger partial charge is 0.466 e. The third-order valence-electron chi connectivity index (χ3n) is 2.84. The zero-order valence-electron chi connectivity index (χ0n) is 10.6. The molecule has 1 atom stereocenters. The first-order valence-corrected chi connectivity index (χ1v) is 6.08. The molecule has 1 fully saturated rings. The Hall–Kier alpha value is -0.610. The van der Waals surface area contributed by atoms with Crippen molar-refractivity contribution >= 4 is 5.97 Å². The predicted molar refractivity (Wildman–Crippen MR) is 62.3 cm³/mol. The van der Waals surface area contributed by atoms with Crippen molar-refractivity contribution in [3.63, 3.8) is 0 Å². The Morgan fingerprint density at radius 2 is 2.19 bits per heavy atom. The molecule has 0 aromatic heterocycles. The molecule has 1 unspecified atom stereocenters. The van der Waals surface area contributed by atoms with Gasteiger partial charge < -0.3 is 9.47 Å². The van der Waals surface area contributed by atoms with Gasteiger partial charge in [0.05, 0.1) is 19.1 Å². The molecule has 0 amide bonds. The van der Waals surface area contributed by atoms with E-state index in [0.29, 0.717) is 12.6 Å². The fraction of sp³-hybridized carbons (Fsp3) is 0.917. The lowest BCUT2D eigenvalue weighted by Crippen LogP contribution is -2.36. The number of hydrogen-bond acceptors (Lipinski definition) is 4. The molecule has 1 aliphatic carbocycles. The summed E-state index contributed by atoms with van der Waals surface area (Å²) in [4.78, 5) is 13.9. The van der Waals surface area contributed by atoms with Crippen molar-refractivity contribution in [3.8, 4) is 0 Å². The summed E-state index contributed by atoms with van der Waals surface area (Å²) in [6.07, 6.45) is 2.50. The van der Waals surface area contributed by atoms with Crippen LogP contribution in [-0.4, -0.2) is 50.3 Å². The van der Waals surface area contributed by atoms with Crippen LogP contribution in [0.5, 0.6) is 0 Å². The van der Waals surface area contributed by atoms with Gasteiger partial charge in [0.15, 0.2) is 0 Å². The second-order valence-corrected chi connectivity index (χ2v) is 4.37. The Morgan fingerprint density at radius 3 is 2.69 bits per heavy atom. The number of esters is 1. The van der Waals surface area contributed by atoms with Crippen molar-refractivity contribution < 1.29 is 14.3 Å². The SMILES string of the molecule is CCOC(=O)C(C)CN(CCOC)C1CC1. The van der Waals surface area contributed by atoms with E-state index in [4.69, 9.17) is 9.47 Å². The van der Waals surface area contributed by atoms with Crippen LogP contribution in [-0.2, 0) is 14.3 Å². The number of carbonyl (C=O) groups is 1. The lowest BCUT2D eigenvalue weighted by Gasteiger charge is -2.24. The molecule has 1 saturated carbocycles. The zero-order chi connectivity index (χ0) is 12.0. The van der Waals surface area contributed by atoms with Crippen LogP contribution in [0.1, 0.15) is 26.7 Å². The van der Waals surface area contributed by atoms with E-state index in [1.165, 1.54) is 12.8 Å². The van der Waals surface area contributed by atoms with Crippen LogP contribution in [0, 0.1) is 5.92 Å². The van der Waals surface area contributed by atoms with E-state index in [9.17, 15) is 4.79 Å². The zero-order valence-corrected chi connectivity index (χ0v) is 10.6. The van der Waals surface area contributed by atoms with Crippen LogP contribution in [0.15, 0.2) is 0 Å². The summed E-state index contributed by atoms with van der Waals surface area (Å²) in [5.41, 5.74) is 0.